The standard InChI is InChI=1S/C27H20N6O/c34-27(28-19-13-9-17(10-14-19)25-30-21-5-1-2-6-22(21)31-25)29-20-15-11-18(12-16-20)26-32-23-7-3-4-8-24(23)33-26/h1-16H,(H,30,31)(H,32,33)(H2,28,29,34). The first kappa shape index (κ1) is 19.8. The Labute approximate surface area is 194 Å². The molecule has 0 aliphatic carbocycles. The molecule has 7 nitrogen and oxygen atoms in total. The number of carbonyl (C=O) groups is 1. The smallest absolute Gasteiger partial charge is 0.323 e. The van der Waals surface area contributed by atoms with Crippen molar-refractivity contribution in [2.75, 3.05) is 10.6 Å². The lowest BCUT2D eigenvalue weighted by Gasteiger charge is -2.08. The molecule has 0 atom stereocenters. The van der Waals surface area contributed by atoms with E-state index in [2.05, 4.69) is 30.6 Å². The number of benzene rings is 4. The van der Waals surface area contributed by atoms with Gasteiger partial charge in [-0.05, 0) is 72.8 Å². The summed E-state index contributed by atoms with van der Waals surface area (Å²) in [5.41, 5.74) is 7.10. The van der Waals surface area contributed by atoms with E-state index in [-0.39, 0.29) is 6.03 Å². The molecule has 4 aromatic carbocycles. The van der Waals surface area contributed by atoms with Crippen LogP contribution in [-0.4, -0.2) is 26.0 Å². The van der Waals surface area contributed by atoms with Gasteiger partial charge >= 0.3 is 6.03 Å². The number of para-hydroxylation sites is 4. The average molecular weight is 444 g/mol. The molecule has 0 aliphatic heterocycles. The number of aromatic amines is 2. The Morgan fingerprint density at radius 3 is 1.38 bits per heavy atom. The van der Waals surface area contributed by atoms with Crippen LogP contribution in [0.1, 0.15) is 0 Å². The number of urea groups is 1. The van der Waals surface area contributed by atoms with Crippen LogP contribution in [0.4, 0.5) is 16.2 Å². The van der Waals surface area contributed by atoms with Gasteiger partial charge in [-0.15, -0.1) is 0 Å². The second-order valence-corrected chi connectivity index (χ2v) is 7.94. The van der Waals surface area contributed by atoms with Crippen LogP contribution in [0.15, 0.2) is 97.1 Å². The molecule has 4 N–H and O–H groups in total. The topological polar surface area (TPSA) is 98.5 Å². The summed E-state index contributed by atoms with van der Waals surface area (Å²) in [6, 6.07) is 30.6. The van der Waals surface area contributed by atoms with Crippen LogP contribution in [0, 0.1) is 0 Å². The first-order valence-corrected chi connectivity index (χ1v) is 10.9. The monoisotopic (exact) mass is 444 g/mol. The maximum absolute atomic E-state index is 12.5. The molecule has 34 heavy (non-hydrogen) atoms. The SMILES string of the molecule is O=C(Nc1ccc(-c2nc3ccccc3[nH]2)cc1)Nc1ccc(-c2nc3ccccc3[nH]2)cc1. The van der Waals surface area contributed by atoms with Crippen molar-refractivity contribution in [3.8, 4) is 22.8 Å². The molecule has 0 spiro atoms. The zero-order valence-electron chi connectivity index (χ0n) is 18.0. The maximum Gasteiger partial charge on any atom is 0.323 e. The molecule has 0 saturated heterocycles. The fourth-order valence-corrected chi connectivity index (χ4v) is 3.90. The molecule has 6 rings (SSSR count). The van der Waals surface area contributed by atoms with E-state index in [0.717, 1.165) is 44.8 Å². The van der Waals surface area contributed by atoms with Crippen molar-refractivity contribution in [2.24, 2.45) is 0 Å². The summed E-state index contributed by atoms with van der Waals surface area (Å²) < 4.78 is 0. The van der Waals surface area contributed by atoms with Crippen molar-refractivity contribution in [1.29, 1.82) is 0 Å². The van der Waals surface area contributed by atoms with Gasteiger partial charge in [0.05, 0.1) is 22.1 Å². The molecule has 6 aromatic rings. The van der Waals surface area contributed by atoms with E-state index in [1.165, 1.54) is 0 Å². The van der Waals surface area contributed by atoms with Crippen LogP contribution in [-0.2, 0) is 0 Å². The van der Waals surface area contributed by atoms with Gasteiger partial charge < -0.3 is 20.6 Å². The van der Waals surface area contributed by atoms with Crippen molar-refractivity contribution in [3.05, 3.63) is 97.1 Å². The molecule has 2 amide bonds. The van der Waals surface area contributed by atoms with Gasteiger partial charge in [-0.2, -0.15) is 0 Å². The van der Waals surface area contributed by atoms with Crippen molar-refractivity contribution < 1.29 is 4.79 Å². The van der Waals surface area contributed by atoms with Crippen LogP contribution < -0.4 is 10.6 Å². The minimum atomic E-state index is -0.312. The van der Waals surface area contributed by atoms with Crippen LogP contribution in [0.3, 0.4) is 0 Å². The summed E-state index contributed by atoms with van der Waals surface area (Å²) in [6.07, 6.45) is 0. The number of carbonyl (C=O) groups excluding carboxylic acids is 1. The summed E-state index contributed by atoms with van der Waals surface area (Å²) in [4.78, 5) is 28.3. The Hall–Kier alpha value is -4.91. The highest BCUT2D eigenvalue weighted by molar-refractivity contribution is 6.00. The molecular weight excluding hydrogens is 424 g/mol. The van der Waals surface area contributed by atoms with Gasteiger partial charge in [-0.25, -0.2) is 14.8 Å². The zero-order valence-corrected chi connectivity index (χ0v) is 18.0. The van der Waals surface area contributed by atoms with E-state index in [0.29, 0.717) is 11.4 Å². The van der Waals surface area contributed by atoms with Crippen molar-refractivity contribution in [2.45, 2.75) is 0 Å². The first-order valence-electron chi connectivity index (χ1n) is 10.9. The summed E-state index contributed by atoms with van der Waals surface area (Å²) in [7, 11) is 0. The summed E-state index contributed by atoms with van der Waals surface area (Å²) >= 11 is 0. The third-order valence-corrected chi connectivity index (χ3v) is 5.61. The number of aromatic nitrogens is 4. The van der Waals surface area contributed by atoms with Crippen LogP contribution in [0.5, 0.6) is 0 Å². The number of imidazole rings is 2. The lowest BCUT2D eigenvalue weighted by molar-refractivity contribution is 0.262. The van der Waals surface area contributed by atoms with Crippen molar-refractivity contribution in [3.63, 3.8) is 0 Å². The Bertz CT molecular complexity index is 1430. The molecule has 0 fully saturated rings. The molecule has 164 valence electrons. The van der Waals surface area contributed by atoms with Crippen molar-refractivity contribution in [1.82, 2.24) is 19.9 Å². The number of anilines is 2. The second-order valence-electron chi connectivity index (χ2n) is 7.94. The number of H-pyrrole nitrogens is 2. The molecule has 0 aliphatic rings. The van der Waals surface area contributed by atoms with E-state index in [1.807, 2.05) is 97.1 Å². The number of hydrogen-bond donors (Lipinski definition) is 4. The molecule has 0 saturated carbocycles. The predicted molar refractivity (Wildman–Crippen MR) is 136 cm³/mol. The summed E-state index contributed by atoms with van der Waals surface area (Å²) in [6.45, 7) is 0. The predicted octanol–water partition coefficient (Wildman–Crippen LogP) is 6.42. The van der Waals surface area contributed by atoms with Crippen LogP contribution in [0.25, 0.3) is 44.8 Å². The van der Waals surface area contributed by atoms with E-state index in [4.69, 9.17) is 0 Å². The maximum atomic E-state index is 12.5. The number of hydrogen-bond acceptors (Lipinski definition) is 3. The van der Waals surface area contributed by atoms with Crippen LogP contribution >= 0.6 is 0 Å². The fourth-order valence-electron chi connectivity index (χ4n) is 3.90. The Kier molecular flexibility index (Phi) is 4.77. The summed E-state index contributed by atoms with van der Waals surface area (Å²) in [5, 5.41) is 5.72. The van der Waals surface area contributed by atoms with E-state index in [9.17, 15) is 4.79 Å². The quantitative estimate of drug-likeness (QED) is 0.253. The third kappa shape index (κ3) is 3.86. The Balaban J connectivity index is 1.11. The van der Waals surface area contributed by atoms with Gasteiger partial charge in [0.15, 0.2) is 0 Å². The highest BCUT2D eigenvalue weighted by Gasteiger charge is 2.08. The average Bonchev–Trinajstić information content (AvgIpc) is 3.49. The first-order chi connectivity index (χ1) is 16.7. The molecule has 0 bridgehead atoms. The summed E-state index contributed by atoms with van der Waals surface area (Å²) in [5.74, 6) is 1.59. The fraction of sp³-hybridized carbons (Fsp3) is 0. The van der Waals surface area contributed by atoms with Gasteiger partial charge in [-0.1, -0.05) is 24.3 Å². The molecule has 0 unspecified atom stereocenters. The largest absolute Gasteiger partial charge is 0.338 e. The number of fused-ring (bicyclic) bond motifs is 2. The van der Waals surface area contributed by atoms with Gasteiger partial charge in [0.1, 0.15) is 11.6 Å². The number of nitrogens with zero attached hydrogens (tertiary/aromatic N) is 2. The molecule has 7 heteroatoms. The molecular formula is C27H20N6O. The van der Waals surface area contributed by atoms with E-state index >= 15 is 0 Å². The number of nitrogens with one attached hydrogen (secondary N) is 4. The third-order valence-electron chi connectivity index (χ3n) is 5.61. The lowest BCUT2D eigenvalue weighted by Crippen LogP contribution is -2.19. The van der Waals surface area contributed by atoms with Crippen molar-refractivity contribution >= 4 is 39.5 Å². The second kappa shape index (κ2) is 8.22. The Morgan fingerprint density at radius 1 is 0.559 bits per heavy atom. The van der Waals surface area contributed by atoms with Gasteiger partial charge in [0.25, 0.3) is 0 Å². The normalized spacial score (nSPS) is 11.1. The van der Waals surface area contributed by atoms with Crippen LogP contribution in [0.2, 0.25) is 0 Å². The minimum Gasteiger partial charge on any atom is -0.338 e. The van der Waals surface area contributed by atoms with Gasteiger partial charge in [-0.3, -0.25) is 0 Å². The molecule has 2 aromatic heterocycles. The zero-order chi connectivity index (χ0) is 22.9. The number of rotatable bonds is 4. The minimum absolute atomic E-state index is 0.312. The van der Waals surface area contributed by atoms with Gasteiger partial charge in [0, 0.05) is 22.5 Å². The number of amides is 2. The lowest BCUT2D eigenvalue weighted by atomic mass is 10.2. The van der Waals surface area contributed by atoms with E-state index < -0.39 is 0 Å². The molecule has 2 heterocycles. The highest BCUT2D eigenvalue weighted by atomic mass is 16.2. The Morgan fingerprint density at radius 2 is 0.971 bits per heavy atom. The van der Waals surface area contributed by atoms with Gasteiger partial charge in [0.2, 0.25) is 0 Å². The van der Waals surface area contributed by atoms with E-state index in [1.54, 1.807) is 0 Å². The molecule has 0 radical (unpaired) electrons. The highest BCUT2D eigenvalue weighted by Crippen LogP contribution is 2.24.